The van der Waals surface area contributed by atoms with Crippen molar-refractivity contribution in [1.82, 2.24) is 39.0 Å². The molecule has 7 N–H and O–H groups in total. The van der Waals surface area contributed by atoms with Crippen LogP contribution in [0.25, 0.3) is 22.3 Å². The number of hydrogen-bond donors (Lipinski definition) is 5. The summed E-state index contributed by atoms with van der Waals surface area (Å²) in [6, 6.07) is 0. The predicted molar refractivity (Wildman–Crippen MR) is 154 cm³/mol. The van der Waals surface area contributed by atoms with Gasteiger partial charge in [0.1, 0.15) is 42.4 Å². The Labute approximate surface area is 260 Å². The standard InChI is InChI=1S/C21H25FN10O11P2S/c1-37-44(35)38-2-7-12(33)14(20(40-7)32-6-28-11-17(32)29-21(24)30-18(11)34)43-45(36,46)39-3-8-13(42-44)9(22)19(41-8)31-5-27-10-15(23)25-4-26-16(10)31/h4-9,12-14,19-20,33H,2-3H2,1H3,(H,36,46)(H2,23,25,26)(H3,24,29,30,34)/t7-,8-,9?,12+,13+,14+,19-,20-,44?,45?/m1/s1. The van der Waals surface area contributed by atoms with E-state index in [0.29, 0.717) is 0 Å². The van der Waals surface area contributed by atoms with Gasteiger partial charge >= 0.3 is 14.5 Å². The van der Waals surface area contributed by atoms with Gasteiger partial charge in [0.25, 0.3) is 5.56 Å². The number of nitrogens with two attached hydrogens (primary N) is 2. The number of aliphatic hydroxyl groups is 1. The van der Waals surface area contributed by atoms with Crippen LogP contribution < -0.4 is 17.0 Å². The molecule has 21 nitrogen and oxygen atoms in total. The molecule has 25 heteroatoms. The summed E-state index contributed by atoms with van der Waals surface area (Å²) in [5, 5.41) is 11.2. The van der Waals surface area contributed by atoms with Crippen LogP contribution in [0.3, 0.4) is 0 Å². The van der Waals surface area contributed by atoms with Crippen molar-refractivity contribution in [1.29, 1.82) is 0 Å². The van der Waals surface area contributed by atoms with Crippen LogP contribution in [0.5, 0.6) is 0 Å². The van der Waals surface area contributed by atoms with E-state index in [1.54, 1.807) is 0 Å². The molecule has 3 fully saturated rings. The number of rotatable bonds is 3. The van der Waals surface area contributed by atoms with Gasteiger partial charge in [0.2, 0.25) is 5.95 Å². The fraction of sp³-hybridized carbons (Fsp3) is 0.524. The number of nitrogen functional groups attached to an aromatic ring is 2. The third kappa shape index (κ3) is 5.41. The lowest BCUT2D eigenvalue weighted by Gasteiger charge is -2.27. The highest BCUT2D eigenvalue weighted by molar-refractivity contribution is 8.07. The molecule has 3 aliphatic heterocycles. The molecule has 0 radical (unpaired) electrons. The highest BCUT2D eigenvalue weighted by Crippen LogP contribution is 2.56. The number of nitrogens with one attached hydrogen (secondary N) is 1. The highest BCUT2D eigenvalue weighted by atomic mass is 32.5. The van der Waals surface area contributed by atoms with Gasteiger partial charge in [-0.2, -0.15) is 4.98 Å². The van der Waals surface area contributed by atoms with E-state index >= 15 is 4.39 Å². The number of halogens is 1. The number of phosphoric acid groups is 1. The van der Waals surface area contributed by atoms with Crippen LogP contribution in [0.2, 0.25) is 0 Å². The number of aromatic amines is 1. The molecule has 248 valence electrons. The molecule has 0 spiro atoms. The topological polar surface area (TPSA) is 281 Å². The minimum absolute atomic E-state index is 0.0433. The zero-order valence-electron chi connectivity index (χ0n) is 23.3. The van der Waals surface area contributed by atoms with Gasteiger partial charge in [-0.3, -0.25) is 37.0 Å². The number of fused-ring (bicyclic) bond motifs is 5. The van der Waals surface area contributed by atoms with Gasteiger partial charge in [0.05, 0.1) is 25.9 Å². The Kier molecular flexibility index (Phi) is 7.94. The van der Waals surface area contributed by atoms with Crippen LogP contribution in [0.4, 0.5) is 16.2 Å². The maximum absolute atomic E-state index is 16.1. The Morgan fingerprint density at radius 3 is 2.48 bits per heavy atom. The van der Waals surface area contributed by atoms with Crippen molar-refractivity contribution in [3.63, 3.8) is 0 Å². The number of alkyl halides is 1. The van der Waals surface area contributed by atoms with Gasteiger partial charge < -0.3 is 35.5 Å². The summed E-state index contributed by atoms with van der Waals surface area (Å²) in [4.78, 5) is 45.9. The highest BCUT2D eigenvalue weighted by Gasteiger charge is 2.54. The second-order valence-electron chi connectivity index (χ2n) is 10.3. The molecule has 7 rings (SSSR count). The number of ether oxygens (including phenoxy) is 2. The van der Waals surface area contributed by atoms with Gasteiger partial charge in [-0.1, -0.05) is 0 Å². The number of imidazole rings is 2. The first-order chi connectivity index (χ1) is 21.9. The molecule has 4 aromatic heterocycles. The first-order valence-electron chi connectivity index (χ1n) is 13.3. The van der Waals surface area contributed by atoms with E-state index in [-0.39, 0.29) is 34.1 Å². The third-order valence-electron chi connectivity index (χ3n) is 7.49. The normalized spacial score (nSPS) is 37.1. The van der Waals surface area contributed by atoms with E-state index in [9.17, 15) is 19.4 Å². The summed E-state index contributed by atoms with van der Waals surface area (Å²) in [5.74, 6) is -0.192. The average molecular weight is 707 g/mol. The van der Waals surface area contributed by atoms with E-state index in [4.69, 9.17) is 55.4 Å². The first kappa shape index (κ1) is 31.5. The largest absolute Gasteiger partial charge is 0.475 e. The lowest BCUT2D eigenvalue weighted by atomic mass is 10.1. The van der Waals surface area contributed by atoms with E-state index < -0.39 is 82.5 Å². The molecular weight excluding hydrogens is 681 g/mol. The van der Waals surface area contributed by atoms with Crippen LogP contribution in [0.1, 0.15) is 12.5 Å². The van der Waals surface area contributed by atoms with Crippen molar-refractivity contribution in [2.24, 2.45) is 0 Å². The minimum atomic E-state index is -4.60. The van der Waals surface area contributed by atoms with Crippen molar-refractivity contribution in [2.75, 3.05) is 31.8 Å². The monoisotopic (exact) mass is 706 g/mol. The summed E-state index contributed by atoms with van der Waals surface area (Å²) >= 11 is 5.23. The third-order valence-corrected chi connectivity index (χ3v) is 10.5. The van der Waals surface area contributed by atoms with E-state index in [0.717, 1.165) is 13.4 Å². The SMILES string of the molecule is COP1(=O)OC[C@H]2O[C@@H](n3cnc4c(=O)[nH]c(N)nc43)[C@@H](OP(O)(=S)OC[C@H]3O[C@@H](n4cnc5c(N)ncnc54)C(F)[C@H]3O1)[C@H]2O. The Hall–Kier alpha value is -3.05. The molecule has 10 atom stereocenters. The number of aliphatic hydroxyl groups excluding tert-OH is 1. The molecule has 3 unspecified atom stereocenters. The summed E-state index contributed by atoms with van der Waals surface area (Å²) in [5.41, 5.74) is 11.1. The van der Waals surface area contributed by atoms with Crippen LogP contribution in [0.15, 0.2) is 23.8 Å². The molecule has 3 saturated heterocycles. The summed E-state index contributed by atoms with van der Waals surface area (Å²) in [7, 11) is -3.59. The molecule has 2 bridgehead atoms. The molecule has 0 amide bonds. The number of nitrogens with zero attached hydrogens (tertiary/aromatic N) is 7. The maximum Gasteiger partial charge on any atom is 0.475 e. The zero-order valence-corrected chi connectivity index (χ0v) is 25.9. The molecule has 3 aliphatic rings. The number of hydrogen-bond acceptors (Lipinski definition) is 18. The number of H-pyrrole nitrogens is 1. The smallest absolute Gasteiger partial charge is 0.387 e. The number of anilines is 2. The Morgan fingerprint density at radius 1 is 1.02 bits per heavy atom. The van der Waals surface area contributed by atoms with E-state index in [1.165, 1.54) is 21.8 Å². The Morgan fingerprint density at radius 2 is 1.72 bits per heavy atom. The molecule has 4 aromatic rings. The summed E-state index contributed by atoms with van der Waals surface area (Å²) in [6.07, 6.45) is -8.79. The first-order valence-corrected chi connectivity index (χ1v) is 17.4. The molecular formula is C21H25FN10O11P2S. The molecule has 0 saturated carbocycles. The van der Waals surface area contributed by atoms with Gasteiger partial charge in [-0.25, -0.2) is 28.9 Å². The minimum Gasteiger partial charge on any atom is -0.387 e. The average Bonchev–Trinajstić information content (AvgIpc) is 3.77. The van der Waals surface area contributed by atoms with Crippen molar-refractivity contribution in [2.45, 2.75) is 49.1 Å². The van der Waals surface area contributed by atoms with Gasteiger partial charge in [0, 0.05) is 7.11 Å². The van der Waals surface area contributed by atoms with Crippen LogP contribution in [-0.4, -0.2) is 106 Å². The lowest BCUT2D eigenvalue weighted by Crippen LogP contribution is -2.35. The van der Waals surface area contributed by atoms with Gasteiger partial charge in [-0.15, -0.1) is 0 Å². The van der Waals surface area contributed by atoms with Gasteiger partial charge in [-0.05, 0) is 11.8 Å². The zero-order chi connectivity index (χ0) is 32.5. The van der Waals surface area contributed by atoms with E-state index in [2.05, 4.69) is 29.9 Å². The van der Waals surface area contributed by atoms with Crippen LogP contribution >= 0.6 is 14.5 Å². The fourth-order valence-corrected chi connectivity index (χ4v) is 7.89. The maximum atomic E-state index is 16.1. The number of phosphoric ester groups is 1. The van der Waals surface area contributed by atoms with Crippen molar-refractivity contribution in [3.05, 3.63) is 29.3 Å². The molecule has 7 heterocycles. The fourth-order valence-electron chi connectivity index (χ4n) is 5.35. The molecule has 0 aliphatic carbocycles. The lowest BCUT2D eigenvalue weighted by molar-refractivity contribution is -0.0645. The summed E-state index contributed by atoms with van der Waals surface area (Å²) < 4.78 is 71.4. The van der Waals surface area contributed by atoms with E-state index in [1.807, 2.05) is 0 Å². The van der Waals surface area contributed by atoms with Gasteiger partial charge in [0.15, 0.2) is 41.3 Å². The van der Waals surface area contributed by atoms with Crippen molar-refractivity contribution >= 4 is 60.4 Å². The number of aromatic nitrogens is 8. The van der Waals surface area contributed by atoms with Crippen molar-refractivity contribution < 1.29 is 51.0 Å². The molecule has 0 aromatic carbocycles. The van der Waals surface area contributed by atoms with Crippen LogP contribution in [-0.2, 0) is 48.5 Å². The molecule has 46 heavy (non-hydrogen) atoms. The second-order valence-corrected chi connectivity index (χ2v) is 14.8. The Balaban J connectivity index is 1.22. The second kappa shape index (κ2) is 11.6. The quantitative estimate of drug-likeness (QED) is 0.166. The summed E-state index contributed by atoms with van der Waals surface area (Å²) in [6.45, 7) is -5.60. The van der Waals surface area contributed by atoms with Crippen LogP contribution in [0, 0.1) is 0 Å². The predicted octanol–water partition coefficient (Wildman–Crippen LogP) is -0.594. The van der Waals surface area contributed by atoms with Crippen molar-refractivity contribution in [3.8, 4) is 0 Å². The Bertz CT molecular complexity index is 1960.